The Hall–Kier alpha value is -1.28. The molecule has 1 aliphatic rings. The van der Waals surface area contributed by atoms with Crippen molar-refractivity contribution in [2.24, 2.45) is 5.92 Å². The van der Waals surface area contributed by atoms with Crippen molar-refractivity contribution >= 4 is 11.8 Å². The van der Waals surface area contributed by atoms with Crippen LogP contribution in [0.2, 0.25) is 0 Å². The maximum atomic E-state index is 5.65. The molecule has 0 atom stereocenters. The van der Waals surface area contributed by atoms with E-state index in [4.69, 9.17) is 5.73 Å². The molecule has 2 nitrogen and oxygen atoms in total. The molecular weight excluding hydrogens is 196 g/mol. The summed E-state index contributed by atoms with van der Waals surface area (Å²) in [7, 11) is 0. The minimum absolute atomic E-state index is 0.762. The lowest BCUT2D eigenvalue weighted by Crippen LogP contribution is -2.41. The molecule has 0 spiro atoms. The van der Waals surface area contributed by atoms with E-state index >= 15 is 0 Å². The summed E-state index contributed by atoms with van der Waals surface area (Å²) >= 11 is 0. The van der Waals surface area contributed by atoms with Gasteiger partial charge in [-0.3, -0.25) is 4.90 Å². The maximum absolute atomic E-state index is 5.65. The third-order valence-electron chi connectivity index (χ3n) is 2.78. The lowest BCUT2D eigenvalue weighted by molar-refractivity contribution is 0.224. The largest absolute Gasteiger partial charge is 0.399 e. The molecule has 1 heterocycles. The van der Waals surface area contributed by atoms with E-state index in [2.05, 4.69) is 37.0 Å². The fraction of sp³-hybridized carbons (Fsp3) is 0.429. The Bertz CT molecular complexity index is 368. The standard InChI is InChI=1S/C14H20N2/c1-11(2)8-16-9-13(10-16)7-12-3-5-14(15)6-4-12/h3-7,11H,8-10,15H2,1-2H3. The van der Waals surface area contributed by atoms with Gasteiger partial charge in [0, 0.05) is 25.3 Å². The number of hydrogen-bond donors (Lipinski definition) is 1. The number of benzene rings is 1. The Morgan fingerprint density at radius 3 is 2.44 bits per heavy atom. The average molecular weight is 216 g/mol. The fourth-order valence-electron chi connectivity index (χ4n) is 2.09. The summed E-state index contributed by atoms with van der Waals surface area (Å²) in [4.78, 5) is 2.48. The second-order valence-corrected chi connectivity index (χ2v) is 5.03. The zero-order chi connectivity index (χ0) is 11.5. The third kappa shape index (κ3) is 2.86. The molecule has 0 unspecified atom stereocenters. The molecule has 0 saturated carbocycles. The van der Waals surface area contributed by atoms with Crippen LogP contribution in [0, 0.1) is 5.92 Å². The summed E-state index contributed by atoms with van der Waals surface area (Å²) < 4.78 is 0. The van der Waals surface area contributed by atoms with Crippen LogP contribution in [-0.2, 0) is 0 Å². The van der Waals surface area contributed by atoms with Crippen molar-refractivity contribution in [2.75, 3.05) is 25.4 Å². The van der Waals surface area contributed by atoms with E-state index in [1.165, 1.54) is 17.7 Å². The molecule has 0 bridgehead atoms. The van der Waals surface area contributed by atoms with Crippen molar-refractivity contribution in [1.29, 1.82) is 0 Å². The first-order valence-corrected chi connectivity index (χ1v) is 5.91. The number of anilines is 1. The highest BCUT2D eigenvalue weighted by Crippen LogP contribution is 2.19. The Labute approximate surface area is 97.8 Å². The van der Waals surface area contributed by atoms with Crippen LogP contribution < -0.4 is 5.73 Å². The third-order valence-corrected chi connectivity index (χ3v) is 2.78. The molecule has 0 aliphatic carbocycles. The topological polar surface area (TPSA) is 29.3 Å². The van der Waals surface area contributed by atoms with Crippen LogP contribution in [0.3, 0.4) is 0 Å². The lowest BCUT2D eigenvalue weighted by atomic mass is 10.0. The second-order valence-electron chi connectivity index (χ2n) is 5.03. The van der Waals surface area contributed by atoms with Crippen molar-refractivity contribution < 1.29 is 0 Å². The predicted octanol–water partition coefficient (Wildman–Crippen LogP) is 2.62. The number of likely N-dealkylation sites (tertiary alicyclic amines) is 1. The molecule has 1 aromatic carbocycles. The van der Waals surface area contributed by atoms with E-state index in [0.29, 0.717) is 0 Å². The quantitative estimate of drug-likeness (QED) is 0.787. The highest BCUT2D eigenvalue weighted by atomic mass is 15.2. The van der Waals surface area contributed by atoms with Crippen molar-refractivity contribution in [2.45, 2.75) is 13.8 Å². The molecule has 0 aromatic heterocycles. The normalized spacial score (nSPS) is 16.3. The van der Waals surface area contributed by atoms with Gasteiger partial charge in [0.15, 0.2) is 0 Å². The smallest absolute Gasteiger partial charge is 0.0314 e. The van der Waals surface area contributed by atoms with Crippen LogP contribution in [0.25, 0.3) is 6.08 Å². The molecule has 2 N–H and O–H groups in total. The first-order chi connectivity index (χ1) is 7.63. The summed E-state index contributed by atoms with van der Waals surface area (Å²) in [5.41, 5.74) is 9.26. The van der Waals surface area contributed by atoms with E-state index in [1.807, 2.05) is 12.1 Å². The molecule has 2 rings (SSSR count). The van der Waals surface area contributed by atoms with Crippen LogP contribution in [0.15, 0.2) is 29.8 Å². The van der Waals surface area contributed by atoms with Gasteiger partial charge in [0.2, 0.25) is 0 Å². The van der Waals surface area contributed by atoms with Gasteiger partial charge in [-0.15, -0.1) is 0 Å². The van der Waals surface area contributed by atoms with E-state index in [9.17, 15) is 0 Å². The molecule has 16 heavy (non-hydrogen) atoms. The van der Waals surface area contributed by atoms with E-state index in [-0.39, 0.29) is 0 Å². The molecule has 1 aromatic rings. The van der Waals surface area contributed by atoms with Gasteiger partial charge >= 0.3 is 0 Å². The van der Waals surface area contributed by atoms with Gasteiger partial charge in [-0.2, -0.15) is 0 Å². The van der Waals surface area contributed by atoms with Crippen LogP contribution in [0.1, 0.15) is 19.4 Å². The number of nitrogens with zero attached hydrogens (tertiary/aromatic N) is 1. The Morgan fingerprint density at radius 1 is 1.25 bits per heavy atom. The van der Waals surface area contributed by atoms with Gasteiger partial charge in [-0.1, -0.05) is 32.1 Å². The fourth-order valence-corrected chi connectivity index (χ4v) is 2.09. The maximum Gasteiger partial charge on any atom is 0.0314 e. The number of nitrogen functional groups attached to an aromatic ring is 1. The van der Waals surface area contributed by atoms with Crippen LogP contribution >= 0.6 is 0 Å². The highest BCUT2D eigenvalue weighted by Gasteiger charge is 2.19. The summed E-state index contributed by atoms with van der Waals surface area (Å²) in [6.07, 6.45) is 2.27. The first kappa shape index (κ1) is 11.2. The number of rotatable bonds is 3. The first-order valence-electron chi connectivity index (χ1n) is 5.91. The molecule has 1 fully saturated rings. The molecule has 0 radical (unpaired) electrons. The predicted molar refractivity (Wildman–Crippen MR) is 70.1 cm³/mol. The Morgan fingerprint density at radius 2 is 1.88 bits per heavy atom. The van der Waals surface area contributed by atoms with E-state index in [1.54, 1.807) is 0 Å². The Kier molecular flexibility index (Phi) is 3.30. The highest BCUT2D eigenvalue weighted by molar-refractivity contribution is 5.57. The van der Waals surface area contributed by atoms with Crippen LogP contribution in [0.4, 0.5) is 5.69 Å². The second kappa shape index (κ2) is 4.71. The lowest BCUT2D eigenvalue weighted by Gasteiger charge is -2.35. The summed E-state index contributed by atoms with van der Waals surface area (Å²) in [6.45, 7) is 7.99. The summed E-state index contributed by atoms with van der Waals surface area (Å²) in [5, 5.41) is 0. The SMILES string of the molecule is CC(C)CN1CC(=Cc2ccc(N)cc2)C1. The zero-order valence-corrected chi connectivity index (χ0v) is 10.1. The summed E-state index contributed by atoms with van der Waals surface area (Å²) in [5.74, 6) is 0.762. The molecule has 1 saturated heterocycles. The van der Waals surface area contributed by atoms with Gasteiger partial charge in [0.1, 0.15) is 0 Å². The summed E-state index contributed by atoms with van der Waals surface area (Å²) in [6, 6.07) is 8.06. The van der Waals surface area contributed by atoms with Gasteiger partial charge in [0.25, 0.3) is 0 Å². The van der Waals surface area contributed by atoms with Gasteiger partial charge < -0.3 is 5.73 Å². The van der Waals surface area contributed by atoms with Crippen molar-refractivity contribution in [3.63, 3.8) is 0 Å². The molecule has 86 valence electrons. The minimum Gasteiger partial charge on any atom is -0.399 e. The van der Waals surface area contributed by atoms with Crippen LogP contribution in [0.5, 0.6) is 0 Å². The van der Waals surface area contributed by atoms with Gasteiger partial charge in [-0.25, -0.2) is 0 Å². The molecule has 2 heteroatoms. The average Bonchev–Trinajstić information content (AvgIpc) is 2.17. The van der Waals surface area contributed by atoms with Crippen molar-refractivity contribution in [3.05, 3.63) is 35.4 Å². The molecule has 0 amide bonds. The molecular formula is C14H20N2. The van der Waals surface area contributed by atoms with Gasteiger partial charge in [0.05, 0.1) is 0 Å². The monoisotopic (exact) mass is 216 g/mol. The molecule has 1 aliphatic heterocycles. The number of hydrogen-bond acceptors (Lipinski definition) is 2. The number of nitrogens with two attached hydrogens (primary N) is 1. The van der Waals surface area contributed by atoms with Crippen LogP contribution in [-0.4, -0.2) is 24.5 Å². The van der Waals surface area contributed by atoms with Crippen molar-refractivity contribution in [3.8, 4) is 0 Å². The van der Waals surface area contributed by atoms with Crippen molar-refractivity contribution in [1.82, 2.24) is 4.90 Å². The van der Waals surface area contributed by atoms with E-state index in [0.717, 1.165) is 24.7 Å². The van der Waals surface area contributed by atoms with E-state index < -0.39 is 0 Å². The van der Waals surface area contributed by atoms with Gasteiger partial charge in [-0.05, 0) is 29.2 Å². The Balaban J connectivity index is 1.89. The zero-order valence-electron chi connectivity index (χ0n) is 10.1. The minimum atomic E-state index is 0.762.